The third-order valence-electron chi connectivity index (χ3n) is 3.80. The van der Waals surface area contributed by atoms with Gasteiger partial charge in [0.05, 0.1) is 0 Å². The average molecular weight is 316 g/mol. The van der Waals surface area contributed by atoms with E-state index in [2.05, 4.69) is 10.9 Å². The molecule has 0 bridgehead atoms. The van der Waals surface area contributed by atoms with Gasteiger partial charge in [-0.3, -0.25) is 15.0 Å². The summed E-state index contributed by atoms with van der Waals surface area (Å²) in [5, 5.41) is 0. The molecule has 23 heavy (non-hydrogen) atoms. The summed E-state index contributed by atoms with van der Waals surface area (Å²) in [7, 11) is 0. The van der Waals surface area contributed by atoms with Crippen molar-refractivity contribution in [3.05, 3.63) is 36.0 Å². The number of hydrazine groups is 1. The lowest BCUT2D eigenvalue weighted by Crippen LogP contribution is -2.49. The molecule has 1 aromatic carbocycles. The maximum atomic E-state index is 12.2. The van der Waals surface area contributed by atoms with Crippen LogP contribution in [-0.2, 0) is 9.59 Å². The molecule has 1 aliphatic carbocycles. The highest BCUT2D eigenvalue weighted by atomic mass is 16.6. The number of carbonyl (C=O) groups is 2. The van der Waals surface area contributed by atoms with Crippen molar-refractivity contribution >= 4 is 11.7 Å². The molecule has 0 saturated carbocycles. The van der Waals surface area contributed by atoms with Crippen molar-refractivity contribution in [2.24, 2.45) is 5.41 Å². The first-order chi connectivity index (χ1) is 10.9. The van der Waals surface area contributed by atoms with Gasteiger partial charge in [0.25, 0.3) is 5.91 Å². The molecular formula is C17H20N2O4. The molecule has 1 atom stereocenters. The van der Waals surface area contributed by atoms with E-state index >= 15 is 0 Å². The molecule has 1 aliphatic heterocycles. The van der Waals surface area contributed by atoms with E-state index in [1.165, 1.54) is 0 Å². The fourth-order valence-electron chi connectivity index (χ4n) is 2.80. The first-order valence-corrected chi connectivity index (χ1v) is 7.61. The van der Waals surface area contributed by atoms with Crippen molar-refractivity contribution < 1.29 is 19.1 Å². The molecule has 0 spiro atoms. The zero-order valence-corrected chi connectivity index (χ0v) is 13.2. The summed E-state index contributed by atoms with van der Waals surface area (Å²) in [5.74, 6) is 0.902. The van der Waals surface area contributed by atoms with E-state index in [1.807, 2.05) is 26.0 Å². The first kappa shape index (κ1) is 15.4. The molecule has 6 nitrogen and oxygen atoms in total. The first-order valence-electron chi connectivity index (χ1n) is 7.61. The van der Waals surface area contributed by atoms with Gasteiger partial charge >= 0.3 is 0 Å². The average Bonchev–Trinajstić information content (AvgIpc) is 2.50. The normalized spacial score (nSPS) is 22.1. The van der Waals surface area contributed by atoms with Gasteiger partial charge in [-0.05, 0) is 24.0 Å². The Labute approximate surface area is 134 Å². The minimum absolute atomic E-state index is 0.0594. The number of nitrogens with one attached hydrogen (secondary N) is 2. The molecule has 0 unspecified atom stereocenters. The molecule has 2 aliphatic rings. The number of ketones is 1. The van der Waals surface area contributed by atoms with E-state index in [0.717, 1.165) is 0 Å². The van der Waals surface area contributed by atoms with E-state index in [9.17, 15) is 9.59 Å². The Morgan fingerprint density at radius 2 is 1.96 bits per heavy atom. The Kier molecular flexibility index (Phi) is 3.98. The number of benzene rings is 1. The highest BCUT2D eigenvalue weighted by Gasteiger charge is 2.30. The summed E-state index contributed by atoms with van der Waals surface area (Å²) < 4.78 is 11.1. The predicted molar refractivity (Wildman–Crippen MR) is 83.7 cm³/mol. The van der Waals surface area contributed by atoms with Crippen molar-refractivity contribution in [2.75, 3.05) is 6.61 Å². The van der Waals surface area contributed by atoms with Crippen LogP contribution in [0.4, 0.5) is 0 Å². The van der Waals surface area contributed by atoms with Gasteiger partial charge in [0, 0.05) is 18.2 Å². The Balaban J connectivity index is 1.57. The number of amides is 1. The van der Waals surface area contributed by atoms with Crippen LogP contribution < -0.4 is 20.3 Å². The van der Waals surface area contributed by atoms with Crippen molar-refractivity contribution in [1.82, 2.24) is 10.9 Å². The van der Waals surface area contributed by atoms with Crippen molar-refractivity contribution in [2.45, 2.75) is 32.8 Å². The van der Waals surface area contributed by atoms with Gasteiger partial charge in [-0.25, -0.2) is 0 Å². The third kappa shape index (κ3) is 3.64. The molecule has 2 N–H and O–H groups in total. The Morgan fingerprint density at radius 1 is 1.22 bits per heavy atom. The molecule has 1 aromatic rings. The monoisotopic (exact) mass is 316 g/mol. The smallest absolute Gasteiger partial charge is 0.282 e. The Bertz CT molecular complexity index is 666. The molecular weight excluding hydrogens is 296 g/mol. The molecule has 6 heteroatoms. The molecule has 0 fully saturated rings. The molecule has 0 radical (unpaired) electrons. The van der Waals surface area contributed by atoms with Crippen LogP contribution in [0.3, 0.4) is 0 Å². The number of fused-ring (bicyclic) bond motifs is 1. The topological polar surface area (TPSA) is 76.7 Å². The van der Waals surface area contributed by atoms with Crippen LogP contribution in [0.1, 0.15) is 26.7 Å². The van der Waals surface area contributed by atoms with Crippen molar-refractivity contribution in [3.63, 3.8) is 0 Å². The lowest BCUT2D eigenvalue weighted by Gasteiger charge is -2.30. The van der Waals surface area contributed by atoms with Gasteiger partial charge < -0.3 is 14.9 Å². The van der Waals surface area contributed by atoms with Gasteiger partial charge in [0.15, 0.2) is 17.3 Å². The highest BCUT2D eigenvalue weighted by molar-refractivity contribution is 5.91. The van der Waals surface area contributed by atoms with Crippen LogP contribution >= 0.6 is 0 Å². The number of allylic oxidation sites excluding steroid dienone is 2. The Hall–Kier alpha value is -2.50. The molecule has 122 valence electrons. The highest BCUT2D eigenvalue weighted by Crippen LogP contribution is 2.32. The van der Waals surface area contributed by atoms with Gasteiger partial charge in [0.1, 0.15) is 6.61 Å². The number of ether oxygens (including phenoxy) is 2. The maximum absolute atomic E-state index is 12.2. The molecule has 3 rings (SSSR count). The number of rotatable bonds is 3. The number of carbonyl (C=O) groups excluding carboxylic acids is 2. The zero-order valence-electron chi connectivity index (χ0n) is 13.2. The second-order valence-corrected chi connectivity index (χ2v) is 6.63. The number of hydrogen-bond acceptors (Lipinski definition) is 5. The third-order valence-corrected chi connectivity index (χ3v) is 3.80. The van der Waals surface area contributed by atoms with E-state index in [1.54, 1.807) is 18.2 Å². The SMILES string of the molecule is CC1(C)CC(=O)C=C(NNC(=O)[C@H]2COc3ccccc3O2)C1. The van der Waals surface area contributed by atoms with Crippen LogP contribution in [0.15, 0.2) is 36.0 Å². The summed E-state index contributed by atoms with van der Waals surface area (Å²) in [6.45, 7) is 4.20. The molecule has 0 aromatic heterocycles. The van der Waals surface area contributed by atoms with Gasteiger partial charge in [-0.1, -0.05) is 26.0 Å². The summed E-state index contributed by atoms with van der Waals surface area (Å²) in [6, 6.07) is 7.22. The number of para-hydroxylation sites is 2. The Morgan fingerprint density at radius 3 is 2.70 bits per heavy atom. The standard InChI is InChI=1S/C17H20N2O4/c1-17(2)8-11(7-12(20)9-17)18-19-16(21)15-10-22-13-5-3-4-6-14(13)23-15/h3-7,15,18H,8-10H2,1-2H3,(H,19,21)/t15-/m1/s1. The van der Waals surface area contributed by atoms with E-state index < -0.39 is 6.10 Å². The van der Waals surface area contributed by atoms with Crippen LogP contribution in [0.5, 0.6) is 11.5 Å². The maximum Gasteiger partial charge on any atom is 0.282 e. The minimum atomic E-state index is -0.731. The molecule has 1 amide bonds. The van der Waals surface area contributed by atoms with E-state index in [4.69, 9.17) is 9.47 Å². The van der Waals surface area contributed by atoms with Crippen molar-refractivity contribution in [1.29, 1.82) is 0 Å². The van der Waals surface area contributed by atoms with Crippen LogP contribution in [-0.4, -0.2) is 24.4 Å². The summed E-state index contributed by atoms with van der Waals surface area (Å²) in [5.41, 5.74) is 6.03. The van der Waals surface area contributed by atoms with Gasteiger partial charge in [-0.2, -0.15) is 0 Å². The predicted octanol–water partition coefficient (Wildman–Crippen LogP) is 1.72. The van der Waals surface area contributed by atoms with Gasteiger partial charge in [0.2, 0.25) is 6.10 Å². The van der Waals surface area contributed by atoms with Gasteiger partial charge in [-0.15, -0.1) is 0 Å². The fraction of sp³-hybridized carbons (Fsp3) is 0.412. The lowest BCUT2D eigenvalue weighted by atomic mass is 9.79. The van der Waals surface area contributed by atoms with Crippen LogP contribution in [0.25, 0.3) is 0 Å². The molecule has 1 heterocycles. The second kappa shape index (κ2) is 5.95. The van der Waals surface area contributed by atoms with Crippen molar-refractivity contribution in [3.8, 4) is 11.5 Å². The minimum Gasteiger partial charge on any atom is -0.485 e. The van der Waals surface area contributed by atoms with Crippen LogP contribution in [0, 0.1) is 5.41 Å². The van der Waals surface area contributed by atoms with E-state index in [-0.39, 0.29) is 23.7 Å². The second-order valence-electron chi connectivity index (χ2n) is 6.63. The summed E-state index contributed by atoms with van der Waals surface area (Å²) in [4.78, 5) is 23.9. The summed E-state index contributed by atoms with van der Waals surface area (Å²) in [6.07, 6.45) is 2.02. The quantitative estimate of drug-likeness (QED) is 0.830. The lowest BCUT2D eigenvalue weighted by molar-refractivity contribution is -0.131. The van der Waals surface area contributed by atoms with E-state index in [0.29, 0.717) is 30.0 Å². The number of hydrogen-bond donors (Lipinski definition) is 2. The molecule has 0 saturated heterocycles. The largest absolute Gasteiger partial charge is 0.485 e. The fourth-order valence-corrected chi connectivity index (χ4v) is 2.80. The zero-order chi connectivity index (χ0) is 16.4. The summed E-state index contributed by atoms with van der Waals surface area (Å²) >= 11 is 0. The van der Waals surface area contributed by atoms with Crippen LogP contribution in [0.2, 0.25) is 0 Å².